The largest absolute Gasteiger partial charge is 0.346 e. The second-order valence-electron chi connectivity index (χ2n) is 7.08. The molecular weight excluding hydrogens is 360 g/mol. The molecule has 0 radical (unpaired) electrons. The highest BCUT2D eigenvalue weighted by atomic mass is 35.5. The van der Waals surface area contributed by atoms with Gasteiger partial charge in [0.1, 0.15) is 5.82 Å². The van der Waals surface area contributed by atoms with E-state index in [4.69, 9.17) is 11.6 Å². The van der Waals surface area contributed by atoms with E-state index in [-0.39, 0.29) is 5.91 Å². The van der Waals surface area contributed by atoms with E-state index in [9.17, 15) is 4.79 Å². The van der Waals surface area contributed by atoms with Crippen molar-refractivity contribution in [1.82, 2.24) is 19.4 Å². The van der Waals surface area contributed by atoms with E-state index in [2.05, 4.69) is 25.6 Å². The maximum Gasteiger partial charge on any atom is 0.253 e. The number of halogens is 1. The number of hydrogen-bond acceptors (Lipinski definition) is 2. The summed E-state index contributed by atoms with van der Waals surface area (Å²) in [5.74, 6) is 1.05. The third-order valence-corrected chi connectivity index (χ3v) is 5.37. The van der Waals surface area contributed by atoms with Crippen molar-refractivity contribution in [3.8, 4) is 5.69 Å². The second-order valence-corrected chi connectivity index (χ2v) is 7.52. The van der Waals surface area contributed by atoms with Gasteiger partial charge in [0.25, 0.3) is 5.91 Å². The summed E-state index contributed by atoms with van der Waals surface area (Å²) in [6, 6.07) is 9.57. The number of imidazole rings is 1. The molecule has 1 aromatic carbocycles. The van der Waals surface area contributed by atoms with Crippen molar-refractivity contribution < 1.29 is 4.79 Å². The summed E-state index contributed by atoms with van der Waals surface area (Å²) in [5.41, 5.74) is 4.45. The quantitative estimate of drug-likeness (QED) is 0.734. The Hall–Kier alpha value is -2.53. The Morgan fingerprint density at radius 3 is 2.89 bits per heavy atom. The Morgan fingerprint density at radius 2 is 2.11 bits per heavy atom. The molecule has 6 heteroatoms. The molecule has 0 spiro atoms. The molecule has 3 aromatic rings. The minimum atomic E-state index is -0.0812. The zero-order valence-electron chi connectivity index (χ0n) is 15.6. The van der Waals surface area contributed by atoms with Crippen LogP contribution in [-0.2, 0) is 19.5 Å². The molecule has 0 bridgehead atoms. The first-order chi connectivity index (χ1) is 13.0. The fraction of sp³-hybridized carbons (Fsp3) is 0.333. The third kappa shape index (κ3) is 3.52. The Bertz CT molecular complexity index is 978. The van der Waals surface area contributed by atoms with Gasteiger partial charge >= 0.3 is 0 Å². The van der Waals surface area contributed by atoms with Gasteiger partial charge in [0.15, 0.2) is 0 Å². The van der Waals surface area contributed by atoms with E-state index >= 15 is 0 Å². The van der Waals surface area contributed by atoms with Crippen molar-refractivity contribution in [2.45, 2.75) is 46.2 Å². The molecule has 3 heterocycles. The molecule has 4 rings (SSSR count). The van der Waals surface area contributed by atoms with Crippen molar-refractivity contribution in [2.24, 2.45) is 0 Å². The molecule has 0 saturated heterocycles. The fourth-order valence-electron chi connectivity index (χ4n) is 3.83. The van der Waals surface area contributed by atoms with Crippen LogP contribution in [0.5, 0.6) is 0 Å². The van der Waals surface area contributed by atoms with E-state index in [1.165, 1.54) is 12.8 Å². The standard InChI is InChI=1S/C21H23ClN4O/c1-14-10-19(15(2)26(14)18-7-5-6-16(22)11-18)21(27)23-12-17-13-25-9-4-3-8-20(25)24-17/h5-7,10-11,13H,3-4,8-9,12H2,1-2H3,(H,23,27). The van der Waals surface area contributed by atoms with Gasteiger partial charge in [0.2, 0.25) is 0 Å². The van der Waals surface area contributed by atoms with Gasteiger partial charge in [-0.3, -0.25) is 4.79 Å². The number of benzene rings is 1. The molecule has 0 saturated carbocycles. The normalized spacial score (nSPS) is 13.4. The van der Waals surface area contributed by atoms with Crippen LogP contribution in [0.15, 0.2) is 36.5 Å². The van der Waals surface area contributed by atoms with Gasteiger partial charge in [-0.05, 0) is 51.0 Å². The van der Waals surface area contributed by atoms with E-state index in [0.717, 1.165) is 41.6 Å². The number of carbonyl (C=O) groups is 1. The summed E-state index contributed by atoms with van der Waals surface area (Å²) in [7, 11) is 0. The molecule has 1 aliphatic rings. The highest BCUT2D eigenvalue weighted by Gasteiger charge is 2.18. The lowest BCUT2D eigenvalue weighted by molar-refractivity contribution is 0.0950. The number of nitrogens with zero attached hydrogens (tertiary/aromatic N) is 3. The van der Waals surface area contributed by atoms with Crippen LogP contribution in [0.25, 0.3) is 5.69 Å². The summed E-state index contributed by atoms with van der Waals surface area (Å²) < 4.78 is 4.26. The molecule has 1 amide bonds. The smallest absolute Gasteiger partial charge is 0.253 e. The SMILES string of the molecule is Cc1cc(C(=O)NCc2cn3c(n2)CCCC3)c(C)n1-c1cccc(Cl)c1. The molecule has 1 N–H and O–H groups in total. The van der Waals surface area contributed by atoms with Crippen molar-refractivity contribution in [2.75, 3.05) is 0 Å². The van der Waals surface area contributed by atoms with Crippen molar-refractivity contribution >= 4 is 17.5 Å². The van der Waals surface area contributed by atoms with Gasteiger partial charge in [-0.1, -0.05) is 17.7 Å². The topological polar surface area (TPSA) is 51.9 Å². The molecular formula is C21H23ClN4O. The van der Waals surface area contributed by atoms with Crippen LogP contribution in [0, 0.1) is 13.8 Å². The summed E-state index contributed by atoms with van der Waals surface area (Å²) in [4.78, 5) is 17.4. The summed E-state index contributed by atoms with van der Waals surface area (Å²) in [5, 5.41) is 3.69. The third-order valence-electron chi connectivity index (χ3n) is 5.13. The second kappa shape index (κ2) is 7.24. The molecule has 0 unspecified atom stereocenters. The number of carbonyl (C=O) groups excluding carboxylic acids is 1. The molecule has 0 aliphatic carbocycles. The van der Waals surface area contributed by atoms with Crippen LogP contribution >= 0.6 is 11.6 Å². The van der Waals surface area contributed by atoms with E-state index in [0.29, 0.717) is 17.1 Å². The predicted molar refractivity (Wildman–Crippen MR) is 107 cm³/mol. The molecule has 0 fully saturated rings. The number of fused-ring (bicyclic) bond motifs is 1. The summed E-state index contributed by atoms with van der Waals surface area (Å²) >= 11 is 6.13. The lowest BCUT2D eigenvalue weighted by atomic mass is 10.2. The average Bonchev–Trinajstić information content (AvgIpc) is 3.20. The zero-order chi connectivity index (χ0) is 19.0. The molecule has 2 aromatic heterocycles. The maximum absolute atomic E-state index is 12.8. The van der Waals surface area contributed by atoms with Crippen LogP contribution in [0.4, 0.5) is 0 Å². The minimum Gasteiger partial charge on any atom is -0.346 e. The van der Waals surface area contributed by atoms with Gasteiger partial charge < -0.3 is 14.5 Å². The number of aryl methyl sites for hydroxylation is 3. The van der Waals surface area contributed by atoms with Gasteiger partial charge in [0, 0.05) is 41.3 Å². The van der Waals surface area contributed by atoms with Crippen molar-refractivity contribution in [3.63, 3.8) is 0 Å². The fourth-order valence-corrected chi connectivity index (χ4v) is 4.01. The summed E-state index contributed by atoms with van der Waals surface area (Å²) in [6.07, 6.45) is 5.47. The molecule has 27 heavy (non-hydrogen) atoms. The first-order valence-electron chi connectivity index (χ1n) is 9.31. The summed E-state index contributed by atoms with van der Waals surface area (Å²) in [6.45, 7) is 5.42. The molecule has 0 atom stereocenters. The highest BCUT2D eigenvalue weighted by molar-refractivity contribution is 6.30. The van der Waals surface area contributed by atoms with Gasteiger partial charge in [-0.15, -0.1) is 0 Å². The monoisotopic (exact) mass is 382 g/mol. The average molecular weight is 383 g/mol. The van der Waals surface area contributed by atoms with Crippen LogP contribution in [0.2, 0.25) is 5.02 Å². The van der Waals surface area contributed by atoms with Crippen LogP contribution in [-0.4, -0.2) is 20.0 Å². The minimum absolute atomic E-state index is 0.0812. The van der Waals surface area contributed by atoms with E-state index in [1.807, 2.05) is 44.2 Å². The number of rotatable bonds is 4. The van der Waals surface area contributed by atoms with Gasteiger partial charge in [-0.25, -0.2) is 4.98 Å². The van der Waals surface area contributed by atoms with Gasteiger partial charge in [-0.2, -0.15) is 0 Å². The van der Waals surface area contributed by atoms with E-state index < -0.39 is 0 Å². The Balaban J connectivity index is 1.52. The number of nitrogens with one attached hydrogen (secondary N) is 1. The first-order valence-corrected chi connectivity index (χ1v) is 9.69. The van der Waals surface area contributed by atoms with Gasteiger partial charge in [0.05, 0.1) is 17.8 Å². The van der Waals surface area contributed by atoms with Crippen molar-refractivity contribution in [3.05, 3.63) is 70.0 Å². The zero-order valence-corrected chi connectivity index (χ0v) is 16.4. The predicted octanol–water partition coefficient (Wildman–Crippen LogP) is 4.21. The first kappa shape index (κ1) is 17.9. The number of hydrogen-bond donors (Lipinski definition) is 1. The molecule has 140 valence electrons. The van der Waals surface area contributed by atoms with Crippen LogP contribution in [0.1, 0.15) is 46.1 Å². The Morgan fingerprint density at radius 1 is 1.26 bits per heavy atom. The van der Waals surface area contributed by atoms with Crippen LogP contribution in [0.3, 0.4) is 0 Å². The lowest BCUT2D eigenvalue weighted by Crippen LogP contribution is -2.23. The van der Waals surface area contributed by atoms with E-state index in [1.54, 1.807) is 0 Å². The molecule has 5 nitrogen and oxygen atoms in total. The number of aromatic nitrogens is 3. The number of amides is 1. The maximum atomic E-state index is 12.8. The Kier molecular flexibility index (Phi) is 4.79. The molecule has 1 aliphatic heterocycles. The highest BCUT2D eigenvalue weighted by Crippen LogP contribution is 2.23. The van der Waals surface area contributed by atoms with Crippen molar-refractivity contribution in [1.29, 1.82) is 0 Å². The Labute approximate surface area is 164 Å². The lowest BCUT2D eigenvalue weighted by Gasteiger charge is -2.11. The van der Waals surface area contributed by atoms with Crippen LogP contribution < -0.4 is 5.32 Å².